The maximum atomic E-state index is 13.7. The van der Waals surface area contributed by atoms with Crippen molar-refractivity contribution in [1.82, 2.24) is 14.6 Å². The molecular weight excluding hydrogens is 454 g/mol. The number of benzene rings is 2. The van der Waals surface area contributed by atoms with Gasteiger partial charge < -0.3 is 5.32 Å². The molecule has 6 nitrogen and oxygen atoms in total. The second-order valence-corrected chi connectivity index (χ2v) is 12.1. The Labute approximate surface area is 200 Å². The van der Waals surface area contributed by atoms with Gasteiger partial charge >= 0.3 is 0 Å². The molecule has 1 N–H and O–H groups in total. The molecule has 33 heavy (non-hydrogen) atoms. The highest BCUT2D eigenvalue weighted by atomic mass is 32.2. The third-order valence-corrected chi connectivity index (χ3v) is 9.51. The number of sulfonamides is 1. The Morgan fingerprint density at radius 2 is 1.79 bits per heavy atom. The highest BCUT2D eigenvalue weighted by molar-refractivity contribution is 7.89. The zero-order chi connectivity index (χ0) is 23.5. The number of nitrogens with one attached hydrogen (secondary N) is 1. The molecule has 1 unspecified atom stereocenters. The second kappa shape index (κ2) is 9.91. The van der Waals surface area contributed by atoms with Crippen LogP contribution in [-0.4, -0.2) is 48.5 Å². The van der Waals surface area contributed by atoms with Crippen LogP contribution in [0, 0.1) is 0 Å². The van der Waals surface area contributed by atoms with Gasteiger partial charge in [0.1, 0.15) is 0 Å². The van der Waals surface area contributed by atoms with E-state index in [0.717, 1.165) is 20.8 Å². The largest absolute Gasteiger partial charge is 0.352 e. The van der Waals surface area contributed by atoms with Crippen LogP contribution in [0.1, 0.15) is 43.7 Å². The van der Waals surface area contributed by atoms with E-state index in [1.807, 2.05) is 62.4 Å². The molecule has 0 radical (unpaired) electrons. The van der Waals surface area contributed by atoms with Gasteiger partial charge in [0, 0.05) is 25.6 Å². The number of aromatic nitrogens is 1. The van der Waals surface area contributed by atoms with E-state index < -0.39 is 15.4 Å². The smallest absolute Gasteiger partial charge is 0.231 e. The third-order valence-electron chi connectivity index (χ3n) is 6.40. The normalized spacial score (nSPS) is 17.6. The molecule has 1 aliphatic heterocycles. The first-order chi connectivity index (χ1) is 15.8. The van der Waals surface area contributed by atoms with Gasteiger partial charge in [-0.2, -0.15) is 0 Å². The SMILES string of the molecule is CCCS(=O)(=O)N1CCC(NC(=O)C(C)(Cc2nc3ccccc3s2)c2ccccc2)CC1. The Hall–Kier alpha value is -2.29. The van der Waals surface area contributed by atoms with E-state index in [0.29, 0.717) is 38.8 Å². The van der Waals surface area contributed by atoms with Crippen molar-refractivity contribution in [2.45, 2.75) is 51.0 Å². The summed E-state index contributed by atoms with van der Waals surface area (Å²) in [5, 5.41) is 4.16. The summed E-state index contributed by atoms with van der Waals surface area (Å²) in [5.41, 5.74) is 1.12. The summed E-state index contributed by atoms with van der Waals surface area (Å²) in [7, 11) is -3.20. The molecule has 1 atom stereocenters. The molecule has 1 amide bonds. The molecular formula is C25H31N3O3S2. The minimum Gasteiger partial charge on any atom is -0.352 e. The first-order valence-electron chi connectivity index (χ1n) is 11.5. The molecule has 3 aromatic rings. The lowest BCUT2D eigenvalue weighted by molar-refractivity contribution is -0.127. The van der Waals surface area contributed by atoms with Crippen molar-refractivity contribution in [3.05, 3.63) is 65.2 Å². The lowest BCUT2D eigenvalue weighted by atomic mass is 9.78. The lowest BCUT2D eigenvalue weighted by Gasteiger charge is -2.35. The van der Waals surface area contributed by atoms with Gasteiger partial charge in [0.15, 0.2) is 0 Å². The first kappa shape index (κ1) is 23.9. The molecule has 0 aliphatic carbocycles. The van der Waals surface area contributed by atoms with Crippen LogP contribution in [0.15, 0.2) is 54.6 Å². The van der Waals surface area contributed by atoms with Crippen molar-refractivity contribution in [3.63, 3.8) is 0 Å². The standard InChI is InChI=1S/C25H31N3O3S2/c1-3-17-33(30,31)28-15-13-20(14-16-28)26-24(29)25(2,19-9-5-4-6-10-19)18-23-27-21-11-7-8-12-22(21)32-23/h4-12,20H,3,13-18H2,1-2H3,(H,26,29). The number of hydrogen-bond donors (Lipinski definition) is 1. The van der Waals surface area contributed by atoms with Crippen LogP contribution in [-0.2, 0) is 26.7 Å². The molecule has 2 aromatic carbocycles. The maximum absolute atomic E-state index is 13.7. The molecule has 0 saturated carbocycles. The van der Waals surface area contributed by atoms with Crippen LogP contribution < -0.4 is 5.32 Å². The van der Waals surface area contributed by atoms with Gasteiger partial charge in [0.2, 0.25) is 15.9 Å². The van der Waals surface area contributed by atoms with Crippen LogP contribution in [0.3, 0.4) is 0 Å². The molecule has 2 heterocycles. The fourth-order valence-electron chi connectivity index (χ4n) is 4.43. The van der Waals surface area contributed by atoms with Crippen LogP contribution in [0.5, 0.6) is 0 Å². The van der Waals surface area contributed by atoms with Crippen molar-refractivity contribution < 1.29 is 13.2 Å². The van der Waals surface area contributed by atoms with Gasteiger partial charge in [-0.3, -0.25) is 4.79 Å². The maximum Gasteiger partial charge on any atom is 0.231 e. The summed E-state index contributed by atoms with van der Waals surface area (Å²) in [4.78, 5) is 18.4. The molecule has 176 valence electrons. The highest BCUT2D eigenvalue weighted by Crippen LogP contribution is 2.32. The Bertz CT molecular complexity index is 1170. The Morgan fingerprint density at radius 1 is 1.12 bits per heavy atom. The van der Waals surface area contributed by atoms with Gasteiger partial charge in [-0.1, -0.05) is 49.4 Å². The van der Waals surface area contributed by atoms with Crippen molar-refractivity contribution in [2.75, 3.05) is 18.8 Å². The molecule has 1 aliphatic rings. The lowest BCUT2D eigenvalue weighted by Crippen LogP contribution is -2.52. The second-order valence-electron chi connectivity index (χ2n) is 8.91. The van der Waals surface area contributed by atoms with Gasteiger partial charge in [-0.15, -0.1) is 11.3 Å². The predicted octanol–water partition coefficient (Wildman–Crippen LogP) is 4.12. The van der Waals surface area contributed by atoms with E-state index in [4.69, 9.17) is 4.98 Å². The van der Waals surface area contributed by atoms with Crippen LogP contribution in [0.4, 0.5) is 0 Å². The van der Waals surface area contributed by atoms with E-state index in [2.05, 4.69) is 11.4 Å². The summed E-state index contributed by atoms with van der Waals surface area (Å²) in [5.74, 6) is 0.140. The predicted molar refractivity (Wildman–Crippen MR) is 134 cm³/mol. The van der Waals surface area contributed by atoms with E-state index >= 15 is 0 Å². The molecule has 1 fully saturated rings. The monoisotopic (exact) mass is 485 g/mol. The molecule has 8 heteroatoms. The van der Waals surface area contributed by atoms with Crippen molar-refractivity contribution in [2.24, 2.45) is 0 Å². The topological polar surface area (TPSA) is 79.4 Å². The summed E-state index contributed by atoms with van der Waals surface area (Å²) in [6.07, 6.45) is 2.37. The summed E-state index contributed by atoms with van der Waals surface area (Å²) >= 11 is 1.63. The number of nitrogens with zero attached hydrogens (tertiary/aromatic N) is 2. The molecule has 0 bridgehead atoms. The third kappa shape index (κ3) is 5.28. The molecule has 1 aromatic heterocycles. The molecule has 4 rings (SSSR count). The molecule has 1 saturated heterocycles. The minimum absolute atomic E-state index is 0.0380. The summed E-state index contributed by atoms with van der Waals surface area (Å²) in [6.45, 7) is 4.76. The zero-order valence-electron chi connectivity index (χ0n) is 19.2. The van der Waals surface area contributed by atoms with Gasteiger partial charge in [0.25, 0.3) is 0 Å². The van der Waals surface area contributed by atoms with Crippen LogP contribution >= 0.6 is 11.3 Å². The average Bonchev–Trinajstić information content (AvgIpc) is 3.22. The first-order valence-corrected chi connectivity index (χ1v) is 13.9. The fraction of sp³-hybridized carbons (Fsp3) is 0.440. The Balaban J connectivity index is 1.51. The number of carbonyl (C=O) groups is 1. The van der Waals surface area contributed by atoms with Gasteiger partial charge in [-0.05, 0) is 43.9 Å². The average molecular weight is 486 g/mol. The number of amides is 1. The number of hydrogen-bond acceptors (Lipinski definition) is 5. The molecule has 0 spiro atoms. The Kier molecular flexibility index (Phi) is 7.16. The van der Waals surface area contributed by atoms with Crippen molar-refractivity contribution in [1.29, 1.82) is 0 Å². The number of fused-ring (bicyclic) bond motifs is 1. The van der Waals surface area contributed by atoms with E-state index in [9.17, 15) is 13.2 Å². The van der Waals surface area contributed by atoms with E-state index in [1.54, 1.807) is 15.6 Å². The minimum atomic E-state index is -3.20. The van der Waals surface area contributed by atoms with Crippen molar-refractivity contribution in [3.8, 4) is 0 Å². The number of thiazole rings is 1. The number of carbonyl (C=O) groups excluding carboxylic acids is 1. The number of piperidine rings is 1. The number of para-hydroxylation sites is 1. The highest BCUT2D eigenvalue weighted by Gasteiger charge is 2.38. The summed E-state index contributed by atoms with van der Waals surface area (Å²) < 4.78 is 27.4. The van der Waals surface area contributed by atoms with Crippen LogP contribution in [0.2, 0.25) is 0 Å². The van der Waals surface area contributed by atoms with E-state index in [1.165, 1.54) is 0 Å². The Morgan fingerprint density at radius 3 is 2.45 bits per heavy atom. The fourth-order valence-corrected chi connectivity index (χ4v) is 7.09. The van der Waals surface area contributed by atoms with Gasteiger partial charge in [-0.25, -0.2) is 17.7 Å². The van der Waals surface area contributed by atoms with Crippen molar-refractivity contribution >= 4 is 37.5 Å². The van der Waals surface area contributed by atoms with E-state index in [-0.39, 0.29) is 17.7 Å². The zero-order valence-corrected chi connectivity index (χ0v) is 20.8. The van der Waals surface area contributed by atoms with Gasteiger partial charge in [0.05, 0.1) is 26.4 Å². The van der Waals surface area contributed by atoms with Crippen LogP contribution in [0.25, 0.3) is 10.2 Å². The number of rotatable bonds is 8. The summed E-state index contributed by atoms with van der Waals surface area (Å²) in [6, 6.07) is 17.8. The quantitative estimate of drug-likeness (QED) is 0.521.